The molecule has 28 heavy (non-hydrogen) atoms. The van der Waals surface area contributed by atoms with Crippen molar-refractivity contribution in [1.82, 2.24) is 20.1 Å². The molecule has 1 aromatic carbocycles. The number of halogens is 6. The van der Waals surface area contributed by atoms with Gasteiger partial charge >= 0.3 is 12.4 Å². The summed E-state index contributed by atoms with van der Waals surface area (Å²) in [5.41, 5.74) is 2.07. The molecule has 0 saturated carbocycles. The molecule has 0 fully saturated rings. The highest BCUT2D eigenvalue weighted by Crippen LogP contribution is 2.38. The molecular weight excluding hydrogens is 412 g/mol. The summed E-state index contributed by atoms with van der Waals surface area (Å²) >= 11 is 1.06. The summed E-state index contributed by atoms with van der Waals surface area (Å²) in [6.45, 7) is 0. The second-order valence-electron chi connectivity index (χ2n) is 5.36. The van der Waals surface area contributed by atoms with Crippen molar-refractivity contribution in [3.63, 3.8) is 0 Å². The first-order valence-electron chi connectivity index (χ1n) is 7.36. The second kappa shape index (κ2) is 7.30. The Kier molecular flexibility index (Phi) is 5.19. The summed E-state index contributed by atoms with van der Waals surface area (Å²) in [5.74, 6) is -0.134. The van der Waals surface area contributed by atoms with E-state index in [4.69, 9.17) is 10.3 Å². The molecule has 0 amide bonds. The van der Waals surface area contributed by atoms with Gasteiger partial charge in [-0.2, -0.15) is 31.3 Å². The fourth-order valence-corrected chi connectivity index (χ4v) is 2.74. The van der Waals surface area contributed by atoms with Crippen LogP contribution in [-0.4, -0.2) is 20.1 Å². The molecule has 2 aromatic heterocycles. The van der Waals surface area contributed by atoms with E-state index in [2.05, 4.69) is 20.1 Å². The van der Waals surface area contributed by atoms with E-state index >= 15 is 0 Å². The molecule has 148 valence electrons. The van der Waals surface area contributed by atoms with Crippen LogP contribution in [0.3, 0.4) is 0 Å². The maximum absolute atomic E-state index is 12.9. The summed E-state index contributed by atoms with van der Waals surface area (Å²) < 4.78 is 82.4. The van der Waals surface area contributed by atoms with E-state index in [0.717, 1.165) is 11.8 Å². The molecule has 2 heterocycles. The molecule has 13 heteroatoms. The molecule has 3 aromatic rings. The van der Waals surface area contributed by atoms with E-state index in [1.165, 1.54) is 12.3 Å². The monoisotopic (exact) mass is 421 g/mol. The fraction of sp³-hybridized carbons (Fsp3) is 0.200. The molecule has 0 aliphatic rings. The van der Waals surface area contributed by atoms with Gasteiger partial charge in [0.05, 0.1) is 16.9 Å². The highest BCUT2D eigenvalue weighted by atomic mass is 32.2. The van der Waals surface area contributed by atoms with Gasteiger partial charge in [-0.25, -0.2) is 9.97 Å². The highest BCUT2D eigenvalue weighted by molar-refractivity contribution is 7.98. The van der Waals surface area contributed by atoms with E-state index in [-0.39, 0.29) is 23.5 Å². The van der Waals surface area contributed by atoms with Gasteiger partial charge in [-0.15, -0.1) is 0 Å². The number of benzene rings is 1. The third-order valence-corrected chi connectivity index (χ3v) is 4.15. The third-order valence-electron chi connectivity index (χ3n) is 3.29. The van der Waals surface area contributed by atoms with Gasteiger partial charge in [-0.3, -0.25) is 0 Å². The maximum atomic E-state index is 12.9. The van der Waals surface area contributed by atoms with Crippen LogP contribution in [0.2, 0.25) is 0 Å². The van der Waals surface area contributed by atoms with E-state index in [1.807, 2.05) is 0 Å². The SMILES string of the molecule is Nc1ccnc(SCc2noc(-c3cc(C(F)(F)F)cc(C(F)(F)F)c3)n2)n1. The Balaban J connectivity index is 1.87. The van der Waals surface area contributed by atoms with Crippen LogP contribution >= 0.6 is 11.8 Å². The summed E-state index contributed by atoms with van der Waals surface area (Å²) in [6, 6.07) is 2.53. The van der Waals surface area contributed by atoms with Gasteiger partial charge in [0, 0.05) is 11.8 Å². The van der Waals surface area contributed by atoms with Gasteiger partial charge in [0.1, 0.15) is 5.82 Å². The molecular formula is C15H9F6N5OS. The number of aromatic nitrogens is 4. The van der Waals surface area contributed by atoms with Gasteiger partial charge in [-0.05, 0) is 24.3 Å². The summed E-state index contributed by atoms with van der Waals surface area (Å²) in [5, 5.41) is 3.85. The van der Waals surface area contributed by atoms with Crippen molar-refractivity contribution >= 4 is 17.6 Å². The van der Waals surface area contributed by atoms with Gasteiger partial charge in [0.25, 0.3) is 5.89 Å². The fourth-order valence-electron chi connectivity index (χ4n) is 2.06. The zero-order valence-corrected chi connectivity index (χ0v) is 14.4. The van der Waals surface area contributed by atoms with Gasteiger partial charge < -0.3 is 10.3 Å². The third kappa shape index (κ3) is 4.71. The average Bonchev–Trinajstić information content (AvgIpc) is 3.07. The zero-order valence-electron chi connectivity index (χ0n) is 13.5. The van der Waals surface area contributed by atoms with Crippen molar-refractivity contribution in [3.05, 3.63) is 47.4 Å². The molecule has 0 aliphatic carbocycles. The number of thioether (sulfide) groups is 1. The first-order chi connectivity index (χ1) is 13.0. The van der Waals surface area contributed by atoms with Crippen LogP contribution in [0, 0.1) is 0 Å². The van der Waals surface area contributed by atoms with Gasteiger partial charge in [0.2, 0.25) is 0 Å². The lowest BCUT2D eigenvalue weighted by Gasteiger charge is -2.12. The minimum Gasteiger partial charge on any atom is -0.384 e. The molecule has 2 N–H and O–H groups in total. The van der Waals surface area contributed by atoms with Gasteiger partial charge in [0.15, 0.2) is 11.0 Å². The van der Waals surface area contributed by atoms with Crippen LogP contribution in [0.1, 0.15) is 17.0 Å². The Morgan fingerprint density at radius 2 is 1.61 bits per heavy atom. The molecule has 0 atom stereocenters. The zero-order chi connectivity index (χ0) is 20.5. The number of nitrogen functional groups attached to an aromatic ring is 1. The molecule has 0 aliphatic heterocycles. The number of nitrogens with zero attached hydrogens (tertiary/aromatic N) is 4. The second-order valence-corrected chi connectivity index (χ2v) is 6.31. The summed E-state index contributed by atoms with van der Waals surface area (Å²) in [6.07, 6.45) is -8.52. The minimum atomic E-state index is -4.97. The summed E-state index contributed by atoms with van der Waals surface area (Å²) in [7, 11) is 0. The molecule has 0 saturated heterocycles. The van der Waals surface area contributed by atoms with E-state index < -0.39 is 34.9 Å². The standard InChI is InChI=1S/C15H9F6N5OS/c16-14(17,18)8-3-7(4-9(5-8)15(19,20)21)12-25-11(26-27-12)6-28-13-23-2-1-10(22)24-13/h1-5H,6H2,(H2,22,23,24). The number of hydrogen-bond acceptors (Lipinski definition) is 7. The van der Waals surface area contributed by atoms with E-state index in [1.54, 1.807) is 0 Å². The van der Waals surface area contributed by atoms with Crippen LogP contribution in [-0.2, 0) is 18.1 Å². The Bertz CT molecular complexity index is 955. The van der Waals surface area contributed by atoms with Crippen LogP contribution in [0.4, 0.5) is 32.2 Å². The Morgan fingerprint density at radius 1 is 0.964 bits per heavy atom. The number of anilines is 1. The summed E-state index contributed by atoms with van der Waals surface area (Å²) in [4.78, 5) is 11.7. The minimum absolute atomic E-state index is 0.0216. The lowest BCUT2D eigenvalue weighted by molar-refractivity contribution is -0.143. The van der Waals surface area contributed by atoms with Crippen molar-refractivity contribution in [2.75, 3.05) is 5.73 Å². The molecule has 0 radical (unpaired) electrons. The van der Waals surface area contributed by atoms with Crippen LogP contribution < -0.4 is 5.73 Å². The normalized spacial score (nSPS) is 12.4. The smallest absolute Gasteiger partial charge is 0.384 e. The maximum Gasteiger partial charge on any atom is 0.416 e. The number of hydrogen-bond donors (Lipinski definition) is 1. The van der Waals surface area contributed by atoms with Crippen molar-refractivity contribution in [2.24, 2.45) is 0 Å². The number of alkyl halides is 6. The molecule has 0 unspecified atom stereocenters. The molecule has 6 nitrogen and oxygen atoms in total. The van der Waals surface area contributed by atoms with Crippen LogP contribution in [0.25, 0.3) is 11.5 Å². The number of rotatable bonds is 4. The Morgan fingerprint density at radius 3 is 2.18 bits per heavy atom. The molecule has 0 spiro atoms. The van der Waals surface area contributed by atoms with Crippen LogP contribution in [0.15, 0.2) is 40.1 Å². The number of nitrogens with two attached hydrogens (primary N) is 1. The molecule has 3 rings (SSSR count). The molecule has 0 bridgehead atoms. The van der Waals surface area contributed by atoms with Crippen molar-refractivity contribution in [1.29, 1.82) is 0 Å². The van der Waals surface area contributed by atoms with Crippen molar-refractivity contribution in [3.8, 4) is 11.5 Å². The lowest BCUT2D eigenvalue weighted by atomic mass is 10.0. The van der Waals surface area contributed by atoms with E-state index in [0.29, 0.717) is 17.3 Å². The predicted octanol–water partition coefficient (Wildman–Crippen LogP) is 4.44. The van der Waals surface area contributed by atoms with Gasteiger partial charge in [-0.1, -0.05) is 16.9 Å². The Labute approximate surface area is 157 Å². The average molecular weight is 421 g/mol. The Hall–Kier alpha value is -2.83. The largest absolute Gasteiger partial charge is 0.416 e. The first-order valence-corrected chi connectivity index (χ1v) is 8.35. The van der Waals surface area contributed by atoms with Crippen molar-refractivity contribution < 1.29 is 30.9 Å². The topological polar surface area (TPSA) is 90.7 Å². The quantitative estimate of drug-likeness (QED) is 0.378. The van der Waals surface area contributed by atoms with Crippen LogP contribution in [0.5, 0.6) is 0 Å². The first kappa shape index (κ1) is 19.9. The van der Waals surface area contributed by atoms with E-state index in [9.17, 15) is 26.3 Å². The predicted molar refractivity (Wildman–Crippen MR) is 85.7 cm³/mol. The van der Waals surface area contributed by atoms with Crippen molar-refractivity contribution in [2.45, 2.75) is 23.3 Å². The lowest BCUT2D eigenvalue weighted by Crippen LogP contribution is -2.11. The highest BCUT2D eigenvalue weighted by Gasteiger charge is 2.37.